The van der Waals surface area contributed by atoms with Crippen molar-refractivity contribution in [1.29, 1.82) is 0 Å². The number of hydrogen-bond donors (Lipinski definition) is 0. The van der Waals surface area contributed by atoms with Crippen LogP contribution in [0.25, 0.3) is 0 Å². The van der Waals surface area contributed by atoms with Gasteiger partial charge in [0.1, 0.15) is 0 Å². The summed E-state index contributed by atoms with van der Waals surface area (Å²) in [5, 5.41) is 0. The van der Waals surface area contributed by atoms with Crippen molar-refractivity contribution in [1.82, 2.24) is 0 Å². The van der Waals surface area contributed by atoms with Crippen molar-refractivity contribution < 1.29 is 4.74 Å². The highest BCUT2D eigenvalue weighted by atomic mass is 16.5. The van der Waals surface area contributed by atoms with Gasteiger partial charge in [-0.15, -0.1) is 0 Å². The summed E-state index contributed by atoms with van der Waals surface area (Å²) in [7, 11) is 0. The SMILES string of the molecule is C[C@H]1CCC[C@@H]1OCc1ccccc1. The van der Waals surface area contributed by atoms with Gasteiger partial charge in [-0.3, -0.25) is 0 Å². The van der Waals surface area contributed by atoms with Crippen molar-refractivity contribution in [2.45, 2.75) is 38.9 Å². The van der Waals surface area contributed by atoms with Crippen LogP contribution in [0.15, 0.2) is 30.3 Å². The molecule has 0 spiro atoms. The summed E-state index contributed by atoms with van der Waals surface area (Å²) in [6.45, 7) is 3.07. The molecule has 0 radical (unpaired) electrons. The molecule has 2 rings (SSSR count). The Morgan fingerprint density at radius 3 is 2.64 bits per heavy atom. The van der Waals surface area contributed by atoms with Gasteiger partial charge in [0.15, 0.2) is 0 Å². The molecular weight excluding hydrogens is 172 g/mol. The Balaban J connectivity index is 1.82. The second-order valence-electron chi connectivity index (χ2n) is 4.24. The maximum Gasteiger partial charge on any atom is 0.0720 e. The summed E-state index contributed by atoms with van der Waals surface area (Å²) in [5.74, 6) is 0.749. The molecule has 0 saturated heterocycles. The second-order valence-corrected chi connectivity index (χ2v) is 4.24. The van der Waals surface area contributed by atoms with E-state index in [1.54, 1.807) is 0 Å². The van der Waals surface area contributed by atoms with E-state index in [-0.39, 0.29) is 0 Å². The maximum atomic E-state index is 5.90. The first-order valence-electron chi connectivity index (χ1n) is 5.52. The third kappa shape index (κ3) is 2.36. The Labute approximate surface area is 86.1 Å². The highest BCUT2D eigenvalue weighted by Gasteiger charge is 2.23. The molecule has 0 bridgehead atoms. The van der Waals surface area contributed by atoms with Crippen LogP contribution in [0.2, 0.25) is 0 Å². The van der Waals surface area contributed by atoms with Gasteiger partial charge < -0.3 is 4.74 Å². The van der Waals surface area contributed by atoms with Crippen LogP contribution in [-0.4, -0.2) is 6.10 Å². The van der Waals surface area contributed by atoms with Crippen LogP contribution >= 0.6 is 0 Å². The molecule has 0 aromatic heterocycles. The van der Waals surface area contributed by atoms with Crippen molar-refractivity contribution in [2.24, 2.45) is 5.92 Å². The van der Waals surface area contributed by atoms with Gasteiger partial charge in [-0.05, 0) is 24.3 Å². The lowest BCUT2D eigenvalue weighted by molar-refractivity contribution is 0.0207. The van der Waals surface area contributed by atoms with Crippen molar-refractivity contribution >= 4 is 0 Å². The molecule has 1 aromatic carbocycles. The smallest absolute Gasteiger partial charge is 0.0720 e. The van der Waals surface area contributed by atoms with Crippen LogP contribution in [0.5, 0.6) is 0 Å². The predicted molar refractivity (Wildman–Crippen MR) is 58.0 cm³/mol. The second kappa shape index (κ2) is 4.61. The average molecular weight is 190 g/mol. The molecule has 1 aliphatic carbocycles. The monoisotopic (exact) mass is 190 g/mol. The van der Waals surface area contributed by atoms with Crippen LogP contribution < -0.4 is 0 Å². The van der Waals surface area contributed by atoms with Crippen LogP contribution in [0.3, 0.4) is 0 Å². The molecule has 0 N–H and O–H groups in total. The largest absolute Gasteiger partial charge is 0.373 e. The van der Waals surface area contributed by atoms with E-state index >= 15 is 0 Å². The zero-order valence-corrected chi connectivity index (χ0v) is 8.78. The minimum atomic E-state index is 0.496. The molecule has 0 heterocycles. The fourth-order valence-corrected chi connectivity index (χ4v) is 2.14. The lowest BCUT2D eigenvalue weighted by Crippen LogP contribution is -2.15. The summed E-state index contributed by atoms with van der Waals surface area (Å²) < 4.78 is 5.90. The summed E-state index contributed by atoms with van der Waals surface area (Å²) in [4.78, 5) is 0. The van der Waals surface area contributed by atoms with Crippen LogP contribution in [-0.2, 0) is 11.3 Å². The normalized spacial score (nSPS) is 26.6. The number of benzene rings is 1. The molecule has 0 aliphatic heterocycles. The van der Waals surface area contributed by atoms with Gasteiger partial charge in [0.2, 0.25) is 0 Å². The standard InChI is InChI=1S/C13H18O/c1-11-6-5-9-13(11)14-10-12-7-3-2-4-8-12/h2-4,7-8,11,13H,5-6,9-10H2,1H3/t11-,13-/m0/s1. The number of rotatable bonds is 3. The molecule has 1 fully saturated rings. The minimum absolute atomic E-state index is 0.496. The Morgan fingerprint density at radius 2 is 2.00 bits per heavy atom. The van der Waals surface area contributed by atoms with Gasteiger partial charge in [0, 0.05) is 0 Å². The highest BCUT2D eigenvalue weighted by molar-refractivity contribution is 5.13. The van der Waals surface area contributed by atoms with Gasteiger partial charge in [-0.1, -0.05) is 43.7 Å². The Kier molecular flexibility index (Phi) is 3.20. The number of hydrogen-bond acceptors (Lipinski definition) is 1. The summed E-state index contributed by atoms with van der Waals surface area (Å²) >= 11 is 0. The third-order valence-electron chi connectivity index (χ3n) is 3.09. The molecule has 1 heteroatoms. The highest BCUT2D eigenvalue weighted by Crippen LogP contribution is 2.28. The first-order valence-corrected chi connectivity index (χ1v) is 5.52. The molecule has 1 aromatic rings. The van der Waals surface area contributed by atoms with Gasteiger partial charge in [0.05, 0.1) is 12.7 Å². The van der Waals surface area contributed by atoms with Crippen molar-refractivity contribution in [2.75, 3.05) is 0 Å². The molecule has 1 saturated carbocycles. The van der Waals surface area contributed by atoms with E-state index in [1.165, 1.54) is 24.8 Å². The van der Waals surface area contributed by atoms with Crippen molar-refractivity contribution in [3.63, 3.8) is 0 Å². The van der Waals surface area contributed by atoms with E-state index in [0.29, 0.717) is 6.10 Å². The lowest BCUT2D eigenvalue weighted by atomic mass is 10.1. The molecule has 1 aliphatic rings. The molecule has 2 atom stereocenters. The summed E-state index contributed by atoms with van der Waals surface area (Å²) in [5.41, 5.74) is 1.28. The fourth-order valence-electron chi connectivity index (χ4n) is 2.14. The third-order valence-corrected chi connectivity index (χ3v) is 3.09. The Morgan fingerprint density at radius 1 is 1.21 bits per heavy atom. The van der Waals surface area contributed by atoms with E-state index in [2.05, 4.69) is 31.2 Å². The number of ether oxygens (including phenoxy) is 1. The predicted octanol–water partition coefficient (Wildman–Crippen LogP) is 3.39. The maximum absolute atomic E-state index is 5.90. The molecule has 14 heavy (non-hydrogen) atoms. The molecule has 0 amide bonds. The van der Waals surface area contributed by atoms with Crippen LogP contribution in [0.1, 0.15) is 31.7 Å². The fraction of sp³-hybridized carbons (Fsp3) is 0.538. The zero-order valence-electron chi connectivity index (χ0n) is 8.78. The van der Waals surface area contributed by atoms with Crippen LogP contribution in [0.4, 0.5) is 0 Å². The zero-order chi connectivity index (χ0) is 9.80. The quantitative estimate of drug-likeness (QED) is 0.710. The Bertz CT molecular complexity index is 268. The van der Waals surface area contributed by atoms with Crippen molar-refractivity contribution in [3.8, 4) is 0 Å². The minimum Gasteiger partial charge on any atom is -0.373 e. The van der Waals surface area contributed by atoms with E-state index in [1.807, 2.05) is 6.07 Å². The summed E-state index contributed by atoms with van der Waals surface area (Å²) in [6.07, 6.45) is 4.41. The lowest BCUT2D eigenvalue weighted by Gasteiger charge is -2.16. The van der Waals surface area contributed by atoms with E-state index in [0.717, 1.165) is 12.5 Å². The Hall–Kier alpha value is -0.820. The van der Waals surface area contributed by atoms with E-state index < -0.39 is 0 Å². The average Bonchev–Trinajstić information content (AvgIpc) is 2.63. The first kappa shape index (κ1) is 9.72. The van der Waals surface area contributed by atoms with Crippen molar-refractivity contribution in [3.05, 3.63) is 35.9 Å². The van der Waals surface area contributed by atoms with Gasteiger partial charge in [-0.25, -0.2) is 0 Å². The van der Waals surface area contributed by atoms with E-state index in [9.17, 15) is 0 Å². The van der Waals surface area contributed by atoms with E-state index in [4.69, 9.17) is 4.74 Å². The van der Waals surface area contributed by atoms with Gasteiger partial charge in [0.25, 0.3) is 0 Å². The topological polar surface area (TPSA) is 9.23 Å². The summed E-state index contributed by atoms with van der Waals surface area (Å²) in [6, 6.07) is 10.4. The molecule has 1 nitrogen and oxygen atoms in total. The van der Waals surface area contributed by atoms with Gasteiger partial charge in [-0.2, -0.15) is 0 Å². The molecule has 76 valence electrons. The van der Waals surface area contributed by atoms with Crippen LogP contribution in [0, 0.1) is 5.92 Å². The van der Waals surface area contributed by atoms with Gasteiger partial charge >= 0.3 is 0 Å². The first-order chi connectivity index (χ1) is 6.86. The molecular formula is C13H18O. The molecule has 0 unspecified atom stereocenters.